The lowest BCUT2D eigenvalue weighted by Gasteiger charge is -2.30. The predicted molar refractivity (Wildman–Crippen MR) is 133 cm³/mol. The van der Waals surface area contributed by atoms with Gasteiger partial charge in [-0.05, 0) is 49.8 Å². The highest BCUT2D eigenvalue weighted by Gasteiger charge is 2.39. The van der Waals surface area contributed by atoms with E-state index >= 15 is 0 Å². The number of nitrogens with zero attached hydrogens (tertiary/aromatic N) is 2. The Morgan fingerprint density at radius 2 is 1.78 bits per heavy atom. The monoisotopic (exact) mass is 521 g/mol. The molecule has 1 aliphatic heterocycles. The number of carbonyl (C=O) groups is 4. The molecule has 4 atom stereocenters. The van der Waals surface area contributed by atoms with Gasteiger partial charge in [0, 0.05) is 13.1 Å². The molecule has 1 aliphatic rings. The fraction of sp³-hybridized carbons (Fsp3) is 0.522. The van der Waals surface area contributed by atoms with Gasteiger partial charge in [-0.1, -0.05) is 12.1 Å². The fourth-order valence-corrected chi connectivity index (χ4v) is 3.97. The maximum Gasteiger partial charge on any atom is 0.328 e. The summed E-state index contributed by atoms with van der Waals surface area (Å²) in [6.07, 6.45) is 1.46. The first kappa shape index (κ1) is 29.3. The van der Waals surface area contributed by atoms with Crippen LogP contribution in [0, 0.1) is 0 Å². The minimum absolute atomic E-state index is 0.0751. The summed E-state index contributed by atoms with van der Waals surface area (Å²) in [5.74, 6) is -3.26. The van der Waals surface area contributed by atoms with Crippen LogP contribution in [0.1, 0.15) is 31.2 Å². The van der Waals surface area contributed by atoms with Crippen LogP contribution in [0.3, 0.4) is 0 Å². The number of aromatic hydroxyl groups is 1. The van der Waals surface area contributed by atoms with Crippen LogP contribution in [0.25, 0.3) is 0 Å². The number of aliphatic imine (C=N–C) groups is 1. The van der Waals surface area contributed by atoms with Crippen LogP contribution in [-0.4, -0.2) is 93.7 Å². The molecule has 0 aliphatic carbocycles. The first-order valence-electron chi connectivity index (χ1n) is 11.9. The Kier molecular flexibility index (Phi) is 11.1. The molecule has 0 aromatic heterocycles. The Balaban J connectivity index is 2.13. The summed E-state index contributed by atoms with van der Waals surface area (Å²) >= 11 is 0. The van der Waals surface area contributed by atoms with E-state index < -0.39 is 54.5 Å². The molecule has 1 aromatic rings. The topological polar surface area (TPSA) is 247 Å². The number of hydrogen-bond acceptors (Lipinski definition) is 8. The molecule has 4 unspecified atom stereocenters. The van der Waals surface area contributed by atoms with Crippen LogP contribution in [0.15, 0.2) is 29.3 Å². The van der Waals surface area contributed by atoms with Crippen LogP contribution in [0.4, 0.5) is 0 Å². The summed E-state index contributed by atoms with van der Waals surface area (Å²) < 4.78 is 0. The summed E-state index contributed by atoms with van der Waals surface area (Å²) in [6, 6.07) is 1.72. The highest BCUT2D eigenvalue weighted by Crippen LogP contribution is 2.20. The number of nitrogens with one attached hydrogen (secondary N) is 2. The molecule has 0 spiro atoms. The molecule has 37 heavy (non-hydrogen) atoms. The number of phenols is 1. The maximum atomic E-state index is 13.4. The Bertz CT molecular complexity index is 982. The number of aliphatic hydroxyl groups is 1. The van der Waals surface area contributed by atoms with E-state index in [1.807, 2.05) is 0 Å². The first-order valence-corrected chi connectivity index (χ1v) is 11.9. The number of hydrogen-bond donors (Lipinski definition) is 8. The average Bonchev–Trinajstić information content (AvgIpc) is 3.34. The largest absolute Gasteiger partial charge is 0.508 e. The normalized spacial score (nSPS) is 17.4. The van der Waals surface area contributed by atoms with Crippen molar-refractivity contribution in [3.63, 3.8) is 0 Å². The minimum atomic E-state index is -1.50. The molecule has 1 saturated heterocycles. The number of amides is 3. The lowest BCUT2D eigenvalue weighted by atomic mass is 10.0. The molecule has 204 valence electrons. The summed E-state index contributed by atoms with van der Waals surface area (Å²) in [5, 5.41) is 32.6. The van der Waals surface area contributed by atoms with Crippen LogP contribution in [0.2, 0.25) is 0 Å². The number of carboxylic acid groups (broad SMARTS) is 1. The lowest BCUT2D eigenvalue weighted by molar-refractivity contribution is -0.145. The van der Waals surface area contributed by atoms with E-state index in [1.165, 1.54) is 17.0 Å². The van der Waals surface area contributed by atoms with Gasteiger partial charge in [0.25, 0.3) is 0 Å². The molecule has 1 heterocycles. The average molecular weight is 522 g/mol. The lowest BCUT2D eigenvalue weighted by Crippen LogP contribution is -2.57. The van der Waals surface area contributed by atoms with E-state index in [0.29, 0.717) is 24.8 Å². The zero-order valence-corrected chi connectivity index (χ0v) is 20.4. The number of benzene rings is 1. The molecule has 2 rings (SSSR count). The number of phenolic OH excluding ortho intramolecular Hbond substituents is 1. The van der Waals surface area contributed by atoms with Crippen molar-refractivity contribution < 1.29 is 34.5 Å². The highest BCUT2D eigenvalue weighted by atomic mass is 16.4. The second-order valence-corrected chi connectivity index (χ2v) is 8.76. The van der Waals surface area contributed by atoms with Gasteiger partial charge in [-0.15, -0.1) is 0 Å². The molecule has 1 fully saturated rings. The number of carboxylic acids is 1. The molecule has 14 heteroatoms. The third-order valence-corrected chi connectivity index (χ3v) is 5.92. The van der Waals surface area contributed by atoms with Crippen molar-refractivity contribution >= 4 is 29.7 Å². The standard InChI is InChI=1S/C23H35N7O7/c24-15(11-13-5-7-14(32)8-6-13)19(33)28-16(3-1-9-27-23(25)26)21(35)30-10-2-4-18(30)20(34)29-17(12-31)22(36)37/h5-8,15-18,31-32H,1-4,9-12,24H2,(H,28,33)(H,29,34)(H,36,37)(H4,25,26,27). The van der Waals surface area contributed by atoms with Crippen molar-refractivity contribution in [3.05, 3.63) is 29.8 Å². The first-order chi connectivity index (χ1) is 17.5. The molecular formula is C23H35N7O7. The van der Waals surface area contributed by atoms with Gasteiger partial charge in [-0.3, -0.25) is 19.4 Å². The maximum absolute atomic E-state index is 13.4. The van der Waals surface area contributed by atoms with E-state index in [0.717, 1.165) is 0 Å². The quantitative estimate of drug-likeness (QED) is 0.0760. The Labute approximate surface area is 213 Å². The van der Waals surface area contributed by atoms with Gasteiger partial charge in [0.15, 0.2) is 5.96 Å². The number of aliphatic hydroxyl groups excluding tert-OH is 1. The van der Waals surface area contributed by atoms with E-state index in [1.54, 1.807) is 12.1 Å². The number of guanidine groups is 1. The molecule has 3 amide bonds. The van der Waals surface area contributed by atoms with Gasteiger partial charge in [0.05, 0.1) is 12.6 Å². The molecular weight excluding hydrogens is 486 g/mol. The van der Waals surface area contributed by atoms with Crippen molar-refractivity contribution in [2.75, 3.05) is 19.7 Å². The Morgan fingerprint density at radius 1 is 1.11 bits per heavy atom. The highest BCUT2D eigenvalue weighted by molar-refractivity contribution is 5.94. The summed E-state index contributed by atoms with van der Waals surface area (Å²) in [6.45, 7) is -0.361. The zero-order chi connectivity index (χ0) is 27.5. The number of rotatable bonds is 13. The molecule has 0 bridgehead atoms. The van der Waals surface area contributed by atoms with E-state index in [9.17, 15) is 29.4 Å². The fourth-order valence-electron chi connectivity index (χ4n) is 3.97. The van der Waals surface area contributed by atoms with Crippen LogP contribution >= 0.6 is 0 Å². The predicted octanol–water partition coefficient (Wildman–Crippen LogP) is -2.65. The van der Waals surface area contributed by atoms with Crippen LogP contribution < -0.4 is 27.8 Å². The third-order valence-electron chi connectivity index (χ3n) is 5.92. The SMILES string of the molecule is NC(N)=NCCCC(NC(=O)C(N)Cc1ccc(O)cc1)C(=O)N1CCCC1C(=O)NC(CO)C(=O)O. The van der Waals surface area contributed by atoms with Crippen LogP contribution in [-0.2, 0) is 25.6 Å². The van der Waals surface area contributed by atoms with Crippen molar-refractivity contribution in [2.45, 2.75) is 56.3 Å². The molecule has 0 radical (unpaired) electrons. The van der Waals surface area contributed by atoms with Crippen molar-refractivity contribution in [3.8, 4) is 5.75 Å². The van der Waals surface area contributed by atoms with Gasteiger partial charge in [-0.25, -0.2) is 4.79 Å². The third kappa shape index (κ3) is 8.91. The van der Waals surface area contributed by atoms with Gasteiger partial charge < -0.3 is 48.1 Å². The van der Waals surface area contributed by atoms with Gasteiger partial charge in [0.1, 0.15) is 23.9 Å². The summed E-state index contributed by atoms with van der Waals surface area (Å²) in [7, 11) is 0. The molecule has 1 aromatic carbocycles. The molecule has 14 nitrogen and oxygen atoms in total. The van der Waals surface area contributed by atoms with Crippen molar-refractivity contribution in [1.29, 1.82) is 0 Å². The van der Waals surface area contributed by atoms with Gasteiger partial charge in [0.2, 0.25) is 17.7 Å². The van der Waals surface area contributed by atoms with Crippen LogP contribution in [0.5, 0.6) is 5.75 Å². The molecule has 0 saturated carbocycles. The Morgan fingerprint density at radius 3 is 2.38 bits per heavy atom. The van der Waals surface area contributed by atoms with E-state index in [4.69, 9.17) is 22.3 Å². The van der Waals surface area contributed by atoms with Crippen molar-refractivity contribution in [2.24, 2.45) is 22.2 Å². The second-order valence-electron chi connectivity index (χ2n) is 8.76. The van der Waals surface area contributed by atoms with Gasteiger partial charge in [-0.2, -0.15) is 0 Å². The second kappa shape index (κ2) is 14.0. The number of likely N-dealkylation sites (tertiary alicyclic amines) is 1. The van der Waals surface area contributed by atoms with Crippen molar-refractivity contribution in [1.82, 2.24) is 15.5 Å². The summed E-state index contributed by atoms with van der Waals surface area (Å²) in [5.41, 5.74) is 17.5. The minimum Gasteiger partial charge on any atom is -0.508 e. The Hall–Kier alpha value is -3.91. The smallest absolute Gasteiger partial charge is 0.328 e. The number of carbonyl (C=O) groups excluding carboxylic acids is 3. The zero-order valence-electron chi connectivity index (χ0n) is 20.4. The van der Waals surface area contributed by atoms with E-state index in [-0.39, 0.29) is 37.6 Å². The number of aliphatic carboxylic acids is 1. The summed E-state index contributed by atoms with van der Waals surface area (Å²) in [4.78, 5) is 55.4. The molecule has 11 N–H and O–H groups in total. The van der Waals surface area contributed by atoms with Gasteiger partial charge >= 0.3 is 5.97 Å². The number of nitrogens with two attached hydrogens (primary N) is 3. The van der Waals surface area contributed by atoms with E-state index in [2.05, 4.69) is 15.6 Å².